The fraction of sp³-hybridized carbons (Fsp3) is 0.538. The summed E-state index contributed by atoms with van der Waals surface area (Å²) < 4.78 is 0. The maximum Gasteiger partial charge on any atom is 0.133 e. The Morgan fingerprint density at radius 1 is 1.38 bits per heavy atom. The second kappa shape index (κ2) is 5.21. The van der Waals surface area contributed by atoms with Crippen LogP contribution in [0.5, 0.6) is 0 Å². The van der Waals surface area contributed by atoms with E-state index in [1.807, 2.05) is 12.4 Å². The van der Waals surface area contributed by atoms with Crippen LogP contribution in [0.3, 0.4) is 0 Å². The fourth-order valence-electron chi connectivity index (χ4n) is 2.24. The van der Waals surface area contributed by atoms with E-state index in [0.29, 0.717) is 11.7 Å². The summed E-state index contributed by atoms with van der Waals surface area (Å²) in [4.78, 5) is 17.7. The van der Waals surface area contributed by atoms with Crippen molar-refractivity contribution in [1.82, 2.24) is 9.88 Å². The van der Waals surface area contributed by atoms with Crippen molar-refractivity contribution in [3.05, 3.63) is 30.1 Å². The summed E-state index contributed by atoms with van der Waals surface area (Å²) in [6.07, 6.45) is 5.69. The number of hydrogen-bond acceptors (Lipinski definition) is 3. The van der Waals surface area contributed by atoms with Gasteiger partial charge in [-0.1, -0.05) is 0 Å². The number of likely N-dealkylation sites (tertiary alicyclic amines) is 1. The van der Waals surface area contributed by atoms with E-state index in [-0.39, 0.29) is 0 Å². The summed E-state index contributed by atoms with van der Waals surface area (Å²) >= 11 is 0. The average molecular weight is 218 g/mol. The molecule has 1 saturated heterocycles. The molecule has 86 valence electrons. The Hall–Kier alpha value is -1.22. The van der Waals surface area contributed by atoms with Gasteiger partial charge in [-0.25, -0.2) is 0 Å². The largest absolute Gasteiger partial charge is 0.300 e. The van der Waals surface area contributed by atoms with Crippen molar-refractivity contribution in [2.75, 3.05) is 13.1 Å². The van der Waals surface area contributed by atoms with Crippen molar-refractivity contribution in [2.24, 2.45) is 5.92 Å². The Morgan fingerprint density at radius 3 is 2.56 bits per heavy atom. The molecule has 0 aromatic carbocycles. The van der Waals surface area contributed by atoms with Crippen molar-refractivity contribution in [3.63, 3.8) is 0 Å². The highest BCUT2D eigenvalue weighted by atomic mass is 16.1. The smallest absolute Gasteiger partial charge is 0.133 e. The predicted octanol–water partition coefficient (Wildman–Crippen LogP) is 1.88. The first-order valence-electron chi connectivity index (χ1n) is 5.87. The minimum Gasteiger partial charge on any atom is -0.300 e. The lowest BCUT2D eigenvalue weighted by Gasteiger charge is -2.30. The van der Waals surface area contributed by atoms with Gasteiger partial charge in [0, 0.05) is 24.9 Å². The average Bonchev–Trinajstić information content (AvgIpc) is 2.31. The van der Waals surface area contributed by atoms with Crippen LogP contribution >= 0.6 is 0 Å². The van der Waals surface area contributed by atoms with E-state index in [4.69, 9.17) is 0 Å². The van der Waals surface area contributed by atoms with Crippen molar-refractivity contribution in [1.29, 1.82) is 0 Å². The number of ketones is 1. The number of hydrogen-bond donors (Lipinski definition) is 0. The lowest BCUT2D eigenvalue weighted by atomic mass is 9.93. The SMILES string of the molecule is CC(=O)C1CCN(Cc2ccncc2)CC1. The summed E-state index contributed by atoms with van der Waals surface area (Å²) in [5.41, 5.74) is 1.30. The molecular weight excluding hydrogens is 200 g/mol. The molecule has 0 saturated carbocycles. The van der Waals surface area contributed by atoms with E-state index in [9.17, 15) is 4.79 Å². The monoisotopic (exact) mass is 218 g/mol. The van der Waals surface area contributed by atoms with Crippen molar-refractivity contribution < 1.29 is 4.79 Å². The van der Waals surface area contributed by atoms with Gasteiger partial charge in [-0.15, -0.1) is 0 Å². The lowest BCUT2D eigenvalue weighted by molar-refractivity contribution is -0.122. The number of rotatable bonds is 3. The molecule has 1 aromatic heterocycles. The van der Waals surface area contributed by atoms with E-state index < -0.39 is 0 Å². The van der Waals surface area contributed by atoms with Crippen LogP contribution in [-0.2, 0) is 11.3 Å². The van der Waals surface area contributed by atoms with Gasteiger partial charge in [0.25, 0.3) is 0 Å². The van der Waals surface area contributed by atoms with Gasteiger partial charge in [0.05, 0.1) is 0 Å². The first-order chi connectivity index (χ1) is 7.75. The highest BCUT2D eigenvalue weighted by Gasteiger charge is 2.21. The van der Waals surface area contributed by atoms with Crippen LogP contribution in [0.1, 0.15) is 25.3 Å². The molecule has 0 unspecified atom stereocenters. The summed E-state index contributed by atoms with van der Waals surface area (Å²) in [5.74, 6) is 0.650. The van der Waals surface area contributed by atoms with Crippen LogP contribution < -0.4 is 0 Å². The Bertz CT molecular complexity index is 342. The third kappa shape index (κ3) is 2.89. The highest BCUT2D eigenvalue weighted by molar-refractivity contribution is 5.78. The van der Waals surface area contributed by atoms with Gasteiger partial charge in [0.1, 0.15) is 5.78 Å². The minimum atomic E-state index is 0.300. The summed E-state index contributed by atoms with van der Waals surface area (Å²) in [6, 6.07) is 4.11. The van der Waals surface area contributed by atoms with Crippen molar-refractivity contribution in [2.45, 2.75) is 26.3 Å². The Labute approximate surface area is 96.5 Å². The molecule has 0 bridgehead atoms. The van der Waals surface area contributed by atoms with Gasteiger partial charge in [-0.05, 0) is 50.6 Å². The molecule has 16 heavy (non-hydrogen) atoms. The van der Waals surface area contributed by atoms with Gasteiger partial charge in [-0.3, -0.25) is 14.7 Å². The number of carbonyl (C=O) groups excluding carboxylic acids is 1. The van der Waals surface area contributed by atoms with Crippen LogP contribution in [0, 0.1) is 5.92 Å². The molecule has 1 aliphatic rings. The van der Waals surface area contributed by atoms with Crippen LogP contribution in [0.4, 0.5) is 0 Å². The molecule has 2 rings (SSSR count). The second-order valence-electron chi connectivity index (χ2n) is 4.52. The normalized spacial score (nSPS) is 18.6. The van der Waals surface area contributed by atoms with Crippen LogP contribution in [0.15, 0.2) is 24.5 Å². The number of piperidine rings is 1. The number of pyridine rings is 1. The third-order valence-corrected chi connectivity index (χ3v) is 3.32. The molecule has 3 heteroatoms. The van der Waals surface area contributed by atoms with E-state index in [2.05, 4.69) is 22.0 Å². The van der Waals surface area contributed by atoms with Crippen LogP contribution in [0.25, 0.3) is 0 Å². The van der Waals surface area contributed by atoms with Crippen LogP contribution in [0.2, 0.25) is 0 Å². The molecule has 0 spiro atoms. The van der Waals surface area contributed by atoms with Crippen molar-refractivity contribution >= 4 is 5.78 Å². The molecule has 0 N–H and O–H groups in total. The Morgan fingerprint density at radius 2 is 2.00 bits per heavy atom. The predicted molar refractivity (Wildman–Crippen MR) is 62.9 cm³/mol. The zero-order valence-electron chi connectivity index (χ0n) is 9.72. The molecule has 0 radical (unpaired) electrons. The van der Waals surface area contributed by atoms with Crippen LogP contribution in [-0.4, -0.2) is 28.8 Å². The number of Topliss-reactive ketones (excluding diaryl/α,β-unsaturated/α-hetero) is 1. The lowest BCUT2D eigenvalue weighted by Crippen LogP contribution is -2.35. The zero-order chi connectivity index (χ0) is 11.4. The first kappa shape index (κ1) is 11.3. The van der Waals surface area contributed by atoms with Gasteiger partial charge >= 0.3 is 0 Å². The molecule has 1 aliphatic heterocycles. The molecule has 1 aromatic rings. The zero-order valence-corrected chi connectivity index (χ0v) is 9.72. The summed E-state index contributed by atoms with van der Waals surface area (Å²) in [5, 5.41) is 0. The molecule has 0 atom stereocenters. The Balaban J connectivity index is 1.84. The first-order valence-corrected chi connectivity index (χ1v) is 5.87. The molecule has 2 heterocycles. The van der Waals surface area contributed by atoms with E-state index in [1.165, 1.54) is 5.56 Å². The standard InChI is InChI=1S/C13H18N2O/c1-11(16)13-4-8-15(9-5-13)10-12-2-6-14-7-3-12/h2-3,6-7,13H,4-5,8-10H2,1H3. The number of nitrogens with zero attached hydrogens (tertiary/aromatic N) is 2. The topological polar surface area (TPSA) is 33.2 Å². The quantitative estimate of drug-likeness (QED) is 0.776. The molecule has 0 aliphatic carbocycles. The summed E-state index contributed by atoms with van der Waals surface area (Å²) in [6.45, 7) is 4.76. The fourth-order valence-corrected chi connectivity index (χ4v) is 2.24. The van der Waals surface area contributed by atoms with Gasteiger partial charge in [0.15, 0.2) is 0 Å². The second-order valence-corrected chi connectivity index (χ2v) is 4.52. The van der Waals surface area contributed by atoms with Gasteiger partial charge < -0.3 is 0 Å². The third-order valence-electron chi connectivity index (χ3n) is 3.32. The van der Waals surface area contributed by atoms with E-state index in [0.717, 1.165) is 32.5 Å². The highest BCUT2D eigenvalue weighted by Crippen LogP contribution is 2.19. The molecule has 3 nitrogen and oxygen atoms in total. The molecule has 0 amide bonds. The number of aromatic nitrogens is 1. The maximum atomic E-state index is 11.2. The van der Waals surface area contributed by atoms with Gasteiger partial charge in [0.2, 0.25) is 0 Å². The Kier molecular flexibility index (Phi) is 3.67. The molecular formula is C13H18N2O. The summed E-state index contributed by atoms with van der Waals surface area (Å²) in [7, 11) is 0. The van der Waals surface area contributed by atoms with E-state index in [1.54, 1.807) is 6.92 Å². The van der Waals surface area contributed by atoms with Gasteiger partial charge in [-0.2, -0.15) is 0 Å². The maximum absolute atomic E-state index is 11.2. The number of carbonyl (C=O) groups is 1. The van der Waals surface area contributed by atoms with Crippen molar-refractivity contribution in [3.8, 4) is 0 Å². The van der Waals surface area contributed by atoms with E-state index >= 15 is 0 Å². The minimum absolute atomic E-state index is 0.300. The molecule has 1 fully saturated rings.